The van der Waals surface area contributed by atoms with Crippen LogP contribution in [-0.4, -0.2) is 44.5 Å². The van der Waals surface area contributed by atoms with Crippen LogP contribution in [0.25, 0.3) is 5.65 Å². The highest BCUT2D eigenvalue weighted by atomic mass is 19.4. The number of anilines is 1. The van der Waals surface area contributed by atoms with Gasteiger partial charge in [0.2, 0.25) is 5.88 Å². The van der Waals surface area contributed by atoms with Gasteiger partial charge in [-0.1, -0.05) is 0 Å². The summed E-state index contributed by atoms with van der Waals surface area (Å²) < 4.78 is 45.1. The Morgan fingerprint density at radius 2 is 2.07 bits per heavy atom. The highest BCUT2D eigenvalue weighted by Crippen LogP contribution is 2.28. The first-order valence-corrected chi connectivity index (χ1v) is 8.47. The predicted molar refractivity (Wildman–Crippen MR) is 90.6 cm³/mol. The van der Waals surface area contributed by atoms with Crippen molar-refractivity contribution in [2.24, 2.45) is 5.92 Å². The molecule has 0 bridgehead atoms. The lowest BCUT2D eigenvalue weighted by Crippen LogP contribution is -2.22. The van der Waals surface area contributed by atoms with Crippen LogP contribution in [0, 0.1) is 17.2 Å². The van der Waals surface area contributed by atoms with Gasteiger partial charge in [0.1, 0.15) is 11.8 Å². The minimum Gasteiger partial charge on any atom is -0.476 e. The Morgan fingerprint density at radius 3 is 2.79 bits per heavy atom. The first kappa shape index (κ1) is 18.0. The van der Waals surface area contributed by atoms with E-state index in [1.165, 1.54) is 12.1 Å². The van der Waals surface area contributed by atoms with Crippen molar-refractivity contribution in [3.63, 3.8) is 0 Å². The molecule has 0 amide bonds. The lowest BCUT2D eigenvalue weighted by atomic mass is 10.1. The molecule has 1 aliphatic rings. The van der Waals surface area contributed by atoms with Gasteiger partial charge in [0.15, 0.2) is 5.65 Å². The molecule has 4 rings (SSSR count). The van der Waals surface area contributed by atoms with Crippen molar-refractivity contribution in [1.29, 1.82) is 5.26 Å². The molecule has 1 atom stereocenters. The van der Waals surface area contributed by atoms with Gasteiger partial charge in [-0.25, -0.2) is 4.98 Å². The molecule has 8 nitrogen and oxygen atoms in total. The molecule has 1 unspecified atom stereocenters. The van der Waals surface area contributed by atoms with Crippen molar-refractivity contribution in [3.8, 4) is 11.9 Å². The third-order valence-electron chi connectivity index (χ3n) is 4.47. The fraction of sp³-hybridized carbons (Fsp3) is 0.353. The molecule has 0 aliphatic carbocycles. The van der Waals surface area contributed by atoms with Crippen LogP contribution in [0.2, 0.25) is 0 Å². The van der Waals surface area contributed by atoms with Gasteiger partial charge in [-0.05, 0) is 24.6 Å². The number of hydrogen-bond donors (Lipinski definition) is 0. The second-order valence-electron chi connectivity index (χ2n) is 6.39. The van der Waals surface area contributed by atoms with E-state index in [1.54, 1.807) is 12.3 Å². The number of nitriles is 1. The van der Waals surface area contributed by atoms with Crippen molar-refractivity contribution < 1.29 is 17.9 Å². The second kappa shape index (κ2) is 6.95. The van der Waals surface area contributed by atoms with Crippen LogP contribution < -0.4 is 9.64 Å². The fourth-order valence-electron chi connectivity index (χ4n) is 3.07. The van der Waals surface area contributed by atoms with E-state index < -0.39 is 12.0 Å². The third kappa shape index (κ3) is 3.53. The molecule has 0 saturated carbocycles. The number of rotatable bonds is 4. The van der Waals surface area contributed by atoms with Crippen LogP contribution in [0.15, 0.2) is 30.5 Å². The third-order valence-corrected chi connectivity index (χ3v) is 4.47. The standard InChI is InChI=1S/C17H14F3N7O/c18-17(19,20)16-24-23-14-3-4-15(25-27(14)16)28-10-11-5-6-26(9-11)13-2-1-12(7-21)22-8-13/h1-4,8,11H,5-6,9-10H2. The molecule has 0 N–H and O–H groups in total. The summed E-state index contributed by atoms with van der Waals surface area (Å²) in [7, 11) is 0. The molecule has 4 heterocycles. The normalized spacial score (nSPS) is 17.1. The Labute approximate surface area is 157 Å². The summed E-state index contributed by atoms with van der Waals surface area (Å²) in [6, 6.07) is 8.34. The quantitative estimate of drug-likeness (QED) is 0.676. The van der Waals surface area contributed by atoms with Crippen molar-refractivity contribution in [2.45, 2.75) is 12.6 Å². The summed E-state index contributed by atoms with van der Waals surface area (Å²) in [5.41, 5.74) is 1.27. The lowest BCUT2D eigenvalue weighted by Gasteiger charge is -2.18. The Morgan fingerprint density at radius 1 is 1.21 bits per heavy atom. The molecule has 3 aromatic rings. The summed E-state index contributed by atoms with van der Waals surface area (Å²) in [5, 5.41) is 19.3. The van der Waals surface area contributed by atoms with Gasteiger partial charge in [-0.3, -0.25) is 0 Å². The summed E-state index contributed by atoms with van der Waals surface area (Å²) in [5.74, 6) is -0.916. The molecule has 11 heteroatoms. The maximum absolute atomic E-state index is 12.9. The zero-order valence-electron chi connectivity index (χ0n) is 14.5. The first-order valence-electron chi connectivity index (χ1n) is 8.47. The zero-order valence-corrected chi connectivity index (χ0v) is 14.5. The average molecular weight is 389 g/mol. The molecular weight excluding hydrogens is 375 g/mol. The van der Waals surface area contributed by atoms with E-state index in [-0.39, 0.29) is 17.4 Å². The van der Waals surface area contributed by atoms with E-state index in [0.717, 1.165) is 25.2 Å². The maximum atomic E-state index is 12.9. The average Bonchev–Trinajstić information content (AvgIpc) is 3.33. The van der Waals surface area contributed by atoms with E-state index in [1.807, 2.05) is 12.1 Å². The molecule has 0 radical (unpaired) electrons. The van der Waals surface area contributed by atoms with E-state index in [2.05, 4.69) is 25.2 Å². The first-order chi connectivity index (χ1) is 13.4. The molecule has 1 saturated heterocycles. The number of aromatic nitrogens is 5. The molecule has 28 heavy (non-hydrogen) atoms. The number of pyridine rings is 1. The monoisotopic (exact) mass is 389 g/mol. The Kier molecular flexibility index (Phi) is 4.46. The van der Waals surface area contributed by atoms with Gasteiger partial charge in [0.25, 0.3) is 5.82 Å². The zero-order chi connectivity index (χ0) is 19.7. The van der Waals surface area contributed by atoms with Crippen LogP contribution in [-0.2, 0) is 6.18 Å². The number of ether oxygens (including phenoxy) is 1. The molecule has 0 aromatic carbocycles. The lowest BCUT2D eigenvalue weighted by molar-refractivity contribution is -0.146. The number of alkyl halides is 3. The van der Waals surface area contributed by atoms with Crippen molar-refractivity contribution >= 4 is 11.3 Å². The Balaban J connectivity index is 1.40. The van der Waals surface area contributed by atoms with Crippen molar-refractivity contribution in [1.82, 2.24) is 24.8 Å². The fourth-order valence-corrected chi connectivity index (χ4v) is 3.07. The van der Waals surface area contributed by atoms with Gasteiger partial charge < -0.3 is 9.64 Å². The summed E-state index contributed by atoms with van der Waals surface area (Å²) >= 11 is 0. The van der Waals surface area contributed by atoms with E-state index in [0.29, 0.717) is 16.8 Å². The van der Waals surface area contributed by atoms with Crippen LogP contribution in [0.4, 0.5) is 18.9 Å². The highest BCUT2D eigenvalue weighted by molar-refractivity contribution is 5.46. The maximum Gasteiger partial charge on any atom is 0.453 e. The van der Waals surface area contributed by atoms with Crippen molar-refractivity contribution in [3.05, 3.63) is 42.0 Å². The van der Waals surface area contributed by atoms with Gasteiger partial charge in [-0.15, -0.1) is 15.3 Å². The number of fused-ring (bicyclic) bond motifs is 1. The molecule has 0 spiro atoms. The highest BCUT2D eigenvalue weighted by Gasteiger charge is 2.37. The predicted octanol–water partition coefficient (Wildman–Crippen LogP) is 2.32. The van der Waals surface area contributed by atoms with Crippen molar-refractivity contribution in [2.75, 3.05) is 24.6 Å². The Bertz CT molecular complexity index is 1030. The van der Waals surface area contributed by atoms with Gasteiger partial charge in [-0.2, -0.15) is 22.9 Å². The van der Waals surface area contributed by atoms with Gasteiger partial charge >= 0.3 is 6.18 Å². The summed E-state index contributed by atoms with van der Waals surface area (Å²) in [6.45, 7) is 1.84. The second-order valence-corrected chi connectivity index (χ2v) is 6.39. The molecule has 1 aliphatic heterocycles. The van der Waals surface area contributed by atoms with Gasteiger partial charge in [0.05, 0.1) is 18.5 Å². The molecule has 1 fully saturated rings. The molecule has 144 valence electrons. The van der Waals surface area contributed by atoms with Crippen LogP contribution >= 0.6 is 0 Å². The molecular formula is C17H14F3N7O. The largest absolute Gasteiger partial charge is 0.476 e. The smallest absolute Gasteiger partial charge is 0.453 e. The minimum atomic E-state index is -4.65. The van der Waals surface area contributed by atoms with E-state index in [4.69, 9.17) is 10.00 Å². The summed E-state index contributed by atoms with van der Waals surface area (Å²) in [6.07, 6.45) is -2.13. The SMILES string of the molecule is N#Cc1ccc(N2CCC(COc3ccc4nnc(C(F)(F)F)n4n3)C2)cn1. The number of nitrogens with zero attached hydrogens (tertiary/aromatic N) is 7. The van der Waals surface area contributed by atoms with E-state index in [9.17, 15) is 13.2 Å². The van der Waals surface area contributed by atoms with Gasteiger partial charge in [0, 0.05) is 25.1 Å². The summed E-state index contributed by atoms with van der Waals surface area (Å²) in [4.78, 5) is 6.19. The number of hydrogen-bond acceptors (Lipinski definition) is 7. The van der Waals surface area contributed by atoms with Crippen LogP contribution in [0.3, 0.4) is 0 Å². The number of halogens is 3. The topological polar surface area (TPSA) is 92.2 Å². The minimum absolute atomic E-state index is 0.0000301. The molecule has 3 aromatic heterocycles. The Hall–Kier alpha value is -3.42. The van der Waals surface area contributed by atoms with Crippen LogP contribution in [0.1, 0.15) is 17.9 Å². The van der Waals surface area contributed by atoms with E-state index >= 15 is 0 Å². The van der Waals surface area contributed by atoms with Crippen LogP contribution in [0.5, 0.6) is 5.88 Å².